The normalized spacial score (nSPS) is 11.0. The van der Waals surface area contributed by atoms with E-state index in [-0.39, 0.29) is 0 Å². The first kappa shape index (κ1) is 13.7. The average Bonchev–Trinajstić information content (AvgIpc) is 3.05. The Kier molecular flexibility index (Phi) is 3.60. The Morgan fingerprint density at radius 1 is 0.739 bits per heavy atom. The Bertz CT molecular complexity index is 866. The average molecular weight is 299 g/mol. The molecule has 0 N–H and O–H groups in total. The first-order chi connectivity index (χ1) is 11.4. The Labute approximate surface area is 135 Å². The van der Waals surface area contributed by atoms with Gasteiger partial charge in [-0.25, -0.2) is 9.97 Å². The summed E-state index contributed by atoms with van der Waals surface area (Å²) < 4.78 is 2.18. The summed E-state index contributed by atoms with van der Waals surface area (Å²) >= 11 is 0. The van der Waals surface area contributed by atoms with Crippen molar-refractivity contribution >= 4 is 0 Å². The topological polar surface area (TPSA) is 30.7 Å². The van der Waals surface area contributed by atoms with Gasteiger partial charge in [0.25, 0.3) is 0 Å². The van der Waals surface area contributed by atoms with Crippen molar-refractivity contribution < 1.29 is 0 Å². The Morgan fingerprint density at radius 2 is 1.43 bits per heavy atom. The molecule has 0 fully saturated rings. The first-order valence-corrected chi connectivity index (χ1v) is 7.81. The number of pyridine rings is 1. The van der Waals surface area contributed by atoms with Crippen LogP contribution < -0.4 is 0 Å². The summed E-state index contributed by atoms with van der Waals surface area (Å²) in [4.78, 5) is 9.28. The molecule has 0 saturated carbocycles. The van der Waals surface area contributed by atoms with Gasteiger partial charge in [0.2, 0.25) is 0 Å². The van der Waals surface area contributed by atoms with E-state index in [1.807, 2.05) is 42.5 Å². The van der Waals surface area contributed by atoms with Crippen molar-refractivity contribution in [2.75, 3.05) is 0 Å². The molecule has 0 atom stereocenters. The lowest BCUT2D eigenvalue weighted by Crippen LogP contribution is -2.02. The molecular formula is C20H17N3. The molecule has 0 unspecified atom stereocenters. The van der Waals surface area contributed by atoms with Crippen LogP contribution in [0.5, 0.6) is 0 Å². The number of hydrogen-bond donors (Lipinski definition) is 0. The molecule has 112 valence electrons. The molecule has 23 heavy (non-hydrogen) atoms. The summed E-state index contributed by atoms with van der Waals surface area (Å²) in [6.07, 6.45) is 5.17. The van der Waals surface area contributed by atoms with Gasteiger partial charge in [0.05, 0.1) is 5.69 Å². The number of hydrogen-bond acceptors (Lipinski definition) is 2. The molecule has 0 aromatic heterocycles. The number of aryl methyl sites for hydroxylation is 2. The molecule has 2 aromatic carbocycles. The van der Waals surface area contributed by atoms with E-state index in [2.05, 4.69) is 51.2 Å². The third-order valence-electron chi connectivity index (χ3n) is 3.96. The largest absolute Gasteiger partial charge is 0.352 e. The number of nitrogens with zero attached hydrogens (tertiary/aromatic N) is 3. The van der Waals surface area contributed by atoms with Crippen LogP contribution in [0.2, 0.25) is 0 Å². The number of fused-ring (bicyclic) bond motifs is 1. The number of benzene rings is 2. The lowest BCUT2D eigenvalue weighted by molar-refractivity contribution is 0.691. The molecule has 2 aliphatic heterocycles. The van der Waals surface area contributed by atoms with E-state index < -0.39 is 0 Å². The molecule has 0 aliphatic carbocycles. The van der Waals surface area contributed by atoms with Crippen molar-refractivity contribution in [3.63, 3.8) is 0 Å². The van der Waals surface area contributed by atoms with Gasteiger partial charge in [0.15, 0.2) is 5.82 Å². The summed E-state index contributed by atoms with van der Waals surface area (Å²) in [5.41, 5.74) is 4.29. The monoisotopic (exact) mass is 299 g/mol. The van der Waals surface area contributed by atoms with Gasteiger partial charge in [-0.3, -0.25) is 0 Å². The maximum absolute atomic E-state index is 4.67. The molecule has 0 saturated heterocycles. The zero-order valence-corrected chi connectivity index (χ0v) is 12.8. The van der Waals surface area contributed by atoms with Crippen molar-refractivity contribution in [2.45, 2.75) is 13.0 Å². The van der Waals surface area contributed by atoms with Gasteiger partial charge in [-0.2, -0.15) is 0 Å². The highest BCUT2D eigenvalue weighted by molar-refractivity contribution is 5.65. The zero-order valence-electron chi connectivity index (χ0n) is 12.8. The second-order valence-electron chi connectivity index (χ2n) is 5.60. The van der Waals surface area contributed by atoms with Crippen LogP contribution in [0.3, 0.4) is 0 Å². The number of imidazole rings is 1. The summed E-state index contributed by atoms with van der Waals surface area (Å²) in [6, 6.07) is 22.7. The third kappa shape index (κ3) is 2.99. The van der Waals surface area contributed by atoms with Gasteiger partial charge in [-0.05, 0) is 18.1 Å². The van der Waals surface area contributed by atoms with Gasteiger partial charge >= 0.3 is 0 Å². The maximum Gasteiger partial charge on any atom is 0.160 e. The lowest BCUT2D eigenvalue weighted by Gasteiger charge is -2.07. The highest BCUT2D eigenvalue weighted by Gasteiger charge is 2.12. The molecular weight excluding hydrogens is 282 g/mol. The maximum atomic E-state index is 4.67. The minimum absolute atomic E-state index is 0.793. The van der Waals surface area contributed by atoms with Crippen molar-refractivity contribution in [1.82, 2.24) is 14.5 Å². The van der Waals surface area contributed by atoms with Crippen LogP contribution >= 0.6 is 0 Å². The molecule has 0 amide bonds. The molecule has 0 bridgehead atoms. The minimum Gasteiger partial charge on any atom is -0.352 e. The van der Waals surface area contributed by atoms with Crippen LogP contribution in [0.1, 0.15) is 5.56 Å². The number of rotatable bonds is 4. The van der Waals surface area contributed by atoms with Gasteiger partial charge in [0, 0.05) is 24.5 Å². The van der Waals surface area contributed by atoms with E-state index in [1.54, 1.807) is 0 Å². The third-order valence-corrected chi connectivity index (χ3v) is 3.96. The van der Waals surface area contributed by atoms with E-state index in [1.165, 1.54) is 5.56 Å². The summed E-state index contributed by atoms with van der Waals surface area (Å²) in [5, 5.41) is 0. The van der Waals surface area contributed by atoms with E-state index in [0.29, 0.717) is 0 Å². The Morgan fingerprint density at radius 3 is 2.22 bits per heavy atom. The molecule has 2 aliphatic rings. The molecule has 2 aromatic rings. The summed E-state index contributed by atoms with van der Waals surface area (Å²) in [7, 11) is 0. The smallest absolute Gasteiger partial charge is 0.160 e. The fraction of sp³-hybridized carbons (Fsp3) is 0.100. The van der Waals surface area contributed by atoms with Crippen LogP contribution in [0, 0.1) is 0 Å². The van der Waals surface area contributed by atoms with Crippen LogP contribution in [-0.2, 0) is 13.0 Å². The van der Waals surface area contributed by atoms with Crippen molar-refractivity contribution in [2.24, 2.45) is 0 Å². The highest BCUT2D eigenvalue weighted by Crippen LogP contribution is 2.24. The molecule has 0 spiro atoms. The fourth-order valence-electron chi connectivity index (χ4n) is 2.71. The minimum atomic E-state index is 0.793. The van der Waals surface area contributed by atoms with Crippen LogP contribution in [0.15, 0.2) is 79.1 Å². The second-order valence-corrected chi connectivity index (χ2v) is 5.60. The Hall–Kier alpha value is -2.94. The number of aromatic nitrogens is 3. The predicted octanol–water partition coefficient (Wildman–Crippen LogP) is 4.29. The Balaban J connectivity index is 1.58. The van der Waals surface area contributed by atoms with Crippen LogP contribution in [-0.4, -0.2) is 14.5 Å². The summed E-state index contributed by atoms with van der Waals surface area (Å²) in [5.74, 6) is 0.793. The quantitative estimate of drug-likeness (QED) is 0.562. The van der Waals surface area contributed by atoms with E-state index >= 15 is 0 Å². The van der Waals surface area contributed by atoms with E-state index in [0.717, 1.165) is 35.7 Å². The van der Waals surface area contributed by atoms with E-state index in [4.69, 9.17) is 0 Å². The van der Waals surface area contributed by atoms with Gasteiger partial charge in [-0.1, -0.05) is 60.7 Å². The highest BCUT2D eigenvalue weighted by atomic mass is 15.0. The second kappa shape index (κ2) is 6.05. The molecule has 4 rings (SSSR count). The van der Waals surface area contributed by atoms with Crippen molar-refractivity contribution in [1.29, 1.82) is 0 Å². The van der Waals surface area contributed by atoms with Crippen LogP contribution in [0.25, 0.3) is 22.8 Å². The standard InChI is InChI=1S/C20H17N3/c1-3-7-16(8-4-1)11-13-23-14-12-18-19(15-23)22-20(21-18)17-9-5-2-6-10-17/h1-10,12,14-15H,11,13H2. The SMILES string of the molecule is c1ccc(CCn2ccc3nc(-c4ccccc4)nc-3c2)cc1. The fourth-order valence-corrected chi connectivity index (χ4v) is 2.71. The van der Waals surface area contributed by atoms with E-state index in [9.17, 15) is 0 Å². The molecule has 0 radical (unpaired) electrons. The lowest BCUT2D eigenvalue weighted by atomic mass is 10.1. The van der Waals surface area contributed by atoms with Crippen molar-refractivity contribution in [3.8, 4) is 22.8 Å². The van der Waals surface area contributed by atoms with Gasteiger partial charge in [0.1, 0.15) is 5.69 Å². The van der Waals surface area contributed by atoms with Gasteiger partial charge in [-0.15, -0.1) is 0 Å². The van der Waals surface area contributed by atoms with Gasteiger partial charge < -0.3 is 4.57 Å². The van der Waals surface area contributed by atoms with Crippen molar-refractivity contribution in [3.05, 3.63) is 84.7 Å². The molecule has 2 heterocycles. The molecule has 3 heteroatoms. The van der Waals surface area contributed by atoms with Crippen LogP contribution in [0.4, 0.5) is 0 Å². The molecule has 3 nitrogen and oxygen atoms in total. The predicted molar refractivity (Wildman–Crippen MR) is 92.2 cm³/mol. The zero-order chi connectivity index (χ0) is 15.5. The summed E-state index contributed by atoms with van der Waals surface area (Å²) in [6.45, 7) is 0.938. The first-order valence-electron chi connectivity index (χ1n) is 7.81.